The lowest BCUT2D eigenvalue weighted by atomic mass is 9.90. The lowest BCUT2D eigenvalue weighted by Crippen LogP contribution is -2.56. The number of nitrogens with two attached hydrogens (primary N) is 1. The number of rotatable bonds is 18. The minimum absolute atomic E-state index is 0.0602. The van der Waals surface area contributed by atoms with Crippen LogP contribution >= 0.6 is 23.1 Å². The number of carbonyl (C=O) groups excluding carboxylic acids is 3. The van der Waals surface area contributed by atoms with Crippen LogP contribution in [-0.4, -0.2) is 108 Å². The van der Waals surface area contributed by atoms with Crippen LogP contribution in [0.3, 0.4) is 0 Å². The normalized spacial score (nSPS) is 20.0. The van der Waals surface area contributed by atoms with Gasteiger partial charge in [-0.25, -0.2) is 4.98 Å². The number of hydrogen-bond acceptors (Lipinski definition) is 10. The highest BCUT2D eigenvalue weighted by Gasteiger charge is 2.43. The summed E-state index contributed by atoms with van der Waals surface area (Å²) in [5.74, 6) is -0.675. The number of nitrogens with one attached hydrogen (secondary N) is 1. The number of hydrogen-bond donors (Lipinski definition) is 3. The second-order valence-electron chi connectivity index (χ2n) is 12.4. The van der Waals surface area contributed by atoms with E-state index >= 15 is 0 Å². The fourth-order valence-electron chi connectivity index (χ4n) is 6.61. The molecule has 2 aromatic rings. The van der Waals surface area contributed by atoms with Crippen molar-refractivity contribution < 1.29 is 29.0 Å². The molecular weight excluding hydrogens is 639 g/mol. The van der Waals surface area contributed by atoms with Crippen molar-refractivity contribution in [2.24, 2.45) is 17.6 Å². The van der Waals surface area contributed by atoms with Gasteiger partial charge in [-0.15, -0.1) is 11.3 Å². The molecule has 4 N–H and O–H groups in total. The Labute approximate surface area is 288 Å². The van der Waals surface area contributed by atoms with Crippen LogP contribution in [0, 0.1) is 11.8 Å². The molecule has 47 heavy (non-hydrogen) atoms. The largest absolute Gasteiger partial charge is 0.386 e. The topological polar surface area (TPSA) is 147 Å². The molecule has 0 spiro atoms. The molecule has 11 nitrogen and oxygen atoms in total. The highest BCUT2D eigenvalue weighted by Crippen LogP contribution is 2.33. The second kappa shape index (κ2) is 18.8. The molecule has 0 bridgehead atoms. The van der Waals surface area contributed by atoms with Crippen molar-refractivity contribution in [3.8, 4) is 0 Å². The van der Waals surface area contributed by atoms with Crippen LogP contribution in [0.15, 0.2) is 41.9 Å². The van der Waals surface area contributed by atoms with Gasteiger partial charge in [0.25, 0.3) is 0 Å². The third kappa shape index (κ3) is 9.76. The zero-order chi connectivity index (χ0) is 34.7. The summed E-state index contributed by atoms with van der Waals surface area (Å²) >= 11 is 2.87. The second-order valence-corrected chi connectivity index (χ2v) is 14.2. The number of benzene rings is 1. The third-order valence-corrected chi connectivity index (χ3v) is 10.9. The van der Waals surface area contributed by atoms with Crippen molar-refractivity contribution in [3.63, 3.8) is 0 Å². The van der Waals surface area contributed by atoms with Crippen molar-refractivity contribution >= 4 is 40.8 Å². The number of likely N-dealkylation sites (tertiary alicyclic amines) is 1. The van der Waals surface area contributed by atoms with Gasteiger partial charge in [-0.05, 0) is 30.6 Å². The molecule has 1 unspecified atom stereocenters. The summed E-state index contributed by atoms with van der Waals surface area (Å²) in [6.45, 7) is 6.42. The lowest BCUT2D eigenvalue weighted by Gasteiger charge is -2.40. The number of aliphatic hydroxyl groups excluding tert-OH is 1. The van der Waals surface area contributed by atoms with Crippen LogP contribution in [0.25, 0.3) is 0 Å². The number of methoxy groups -OCH3 is 2. The number of thiazole rings is 1. The van der Waals surface area contributed by atoms with E-state index in [9.17, 15) is 19.5 Å². The molecule has 13 heteroatoms. The van der Waals surface area contributed by atoms with E-state index in [4.69, 9.17) is 15.2 Å². The van der Waals surface area contributed by atoms with Crippen LogP contribution < -0.4 is 11.1 Å². The minimum atomic E-state index is -1.01. The Hall–Kier alpha value is -2.55. The number of likely N-dealkylation sites (N-methyl/N-ethyl adjacent to an activating group) is 1. The number of nitrogens with zero attached hydrogens (tertiary/aromatic N) is 3. The van der Waals surface area contributed by atoms with Gasteiger partial charge in [0.05, 0.1) is 42.7 Å². The van der Waals surface area contributed by atoms with Crippen molar-refractivity contribution in [3.05, 3.63) is 52.5 Å². The van der Waals surface area contributed by atoms with Crippen LogP contribution in [0.5, 0.6) is 0 Å². The van der Waals surface area contributed by atoms with Gasteiger partial charge in [-0.2, -0.15) is 11.8 Å². The standard InChI is InChI=1S/C34H53N5O6S2/c1-8-21(2)29(38(4)34(43)24(35)20-46-7)26(44-5)19-27(40)39-17-12-15-25(39)31(45-6)22(3)32(42)37-28(33-36-16-18-47-33)30(41)23-13-10-9-11-14-23/h9-11,13-14,16,18,21-22,24-26,28-31,41H,8,12,15,17,19-20,35H2,1-7H3,(H,37,42)/t21-,22+,24-,25-,26+,28?,29-,30-,31+/m0/s1. The first-order valence-corrected chi connectivity index (χ1v) is 18.6. The average molecular weight is 692 g/mol. The molecule has 1 aliphatic rings. The summed E-state index contributed by atoms with van der Waals surface area (Å²) in [7, 11) is 4.87. The van der Waals surface area contributed by atoms with E-state index in [1.807, 2.05) is 36.6 Å². The first kappa shape index (κ1) is 38.9. The number of thioether (sulfide) groups is 1. The van der Waals surface area contributed by atoms with E-state index in [1.54, 1.807) is 49.6 Å². The molecule has 0 saturated carbocycles. The molecule has 3 rings (SSSR count). The molecule has 0 aliphatic carbocycles. The number of amides is 3. The van der Waals surface area contributed by atoms with Gasteiger partial charge in [0.1, 0.15) is 17.2 Å². The molecule has 0 radical (unpaired) electrons. The fourth-order valence-corrected chi connectivity index (χ4v) is 7.83. The number of ether oxygens (including phenoxy) is 2. The van der Waals surface area contributed by atoms with Crippen LogP contribution in [0.1, 0.15) is 69.2 Å². The average Bonchev–Trinajstić information content (AvgIpc) is 3.80. The molecule has 9 atom stereocenters. The van der Waals surface area contributed by atoms with Crippen molar-refractivity contribution in [1.29, 1.82) is 0 Å². The van der Waals surface area contributed by atoms with E-state index in [2.05, 4.69) is 24.1 Å². The van der Waals surface area contributed by atoms with E-state index in [0.29, 0.717) is 29.3 Å². The predicted octanol–water partition coefficient (Wildman–Crippen LogP) is 3.64. The summed E-state index contributed by atoms with van der Waals surface area (Å²) in [5.41, 5.74) is 6.85. The van der Waals surface area contributed by atoms with Crippen molar-refractivity contribution in [2.75, 3.05) is 39.8 Å². The molecule has 3 amide bonds. The highest BCUT2D eigenvalue weighted by molar-refractivity contribution is 7.98. The summed E-state index contributed by atoms with van der Waals surface area (Å²) in [6.07, 6.45) is 3.73. The summed E-state index contributed by atoms with van der Waals surface area (Å²) in [4.78, 5) is 48.8. The van der Waals surface area contributed by atoms with Gasteiger partial charge in [-0.1, -0.05) is 57.5 Å². The zero-order valence-electron chi connectivity index (χ0n) is 28.7. The van der Waals surface area contributed by atoms with E-state index in [0.717, 1.165) is 12.8 Å². The van der Waals surface area contributed by atoms with Crippen LogP contribution in [0.4, 0.5) is 0 Å². The first-order chi connectivity index (χ1) is 22.5. The quantitative estimate of drug-likeness (QED) is 0.213. The molecule has 1 aromatic carbocycles. The zero-order valence-corrected chi connectivity index (χ0v) is 30.3. The first-order valence-electron chi connectivity index (χ1n) is 16.3. The maximum Gasteiger partial charge on any atom is 0.240 e. The highest BCUT2D eigenvalue weighted by atomic mass is 32.2. The Balaban J connectivity index is 1.77. The van der Waals surface area contributed by atoms with Gasteiger partial charge < -0.3 is 35.4 Å². The van der Waals surface area contributed by atoms with Crippen molar-refractivity contribution in [2.45, 2.75) is 88.9 Å². The van der Waals surface area contributed by atoms with Crippen molar-refractivity contribution in [1.82, 2.24) is 20.1 Å². The maximum absolute atomic E-state index is 14.0. The molecule has 262 valence electrons. The molecule has 1 saturated heterocycles. The van der Waals surface area contributed by atoms with Gasteiger partial charge in [0, 0.05) is 45.1 Å². The van der Waals surface area contributed by atoms with E-state index < -0.39 is 36.3 Å². The smallest absolute Gasteiger partial charge is 0.240 e. The van der Waals surface area contributed by atoms with Gasteiger partial charge >= 0.3 is 0 Å². The van der Waals surface area contributed by atoms with Crippen LogP contribution in [0.2, 0.25) is 0 Å². The Morgan fingerprint density at radius 1 is 1.21 bits per heavy atom. The Bertz CT molecular complexity index is 1250. The van der Waals surface area contributed by atoms with Gasteiger partial charge in [0.15, 0.2) is 0 Å². The monoisotopic (exact) mass is 691 g/mol. The predicted molar refractivity (Wildman–Crippen MR) is 187 cm³/mol. The third-order valence-electron chi connectivity index (χ3n) is 9.39. The van der Waals surface area contributed by atoms with Crippen LogP contribution in [-0.2, 0) is 23.9 Å². The Kier molecular flexibility index (Phi) is 15.6. The van der Waals surface area contributed by atoms with Gasteiger partial charge in [-0.3, -0.25) is 14.4 Å². The molecule has 1 aliphatic heterocycles. The summed E-state index contributed by atoms with van der Waals surface area (Å²) in [5, 5.41) is 16.7. The number of aromatic nitrogens is 1. The van der Waals surface area contributed by atoms with Gasteiger partial charge in [0.2, 0.25) is 17.7 Å². The molecule has 1 aromatic heterocycles. The molecule has 1 fully saturated rings. The minimum Gasteiger partial charge on any atom is -0.386 e. The Morgan fingerprint density at radius 3 is 2.49 bits per heavy atom. The maximum atomic E-state index is 14.0. The Morgan fingerprint density at radius 2 is 1.91 bits per heavy atom. The molecular formula is C34H53N5O6S2. The number of carbonyl (C=O) groups is 3. The summed E-state index contributed by atoms with van der Waals surface area (Å²) < 4.78 is 11.8. The van der Waals surface area contributed by atoms with E-state index in [1.165, 1.54) is 23.1 Å². The van der Waals surface area contributed by atoms with E-state index in [-0.39, 0.29) is 42.1 Å². The SMILES string of the molecule is CC[C@H](C)[C@@H]([C@@H](CC(=O)N1CCC[C@H]1[C@H](OC)[C@@H](C)C(=O)NC(c1nccs1)[C@@H](O)c1ccccc1)OC)N(C)C(=O)[C@@H](N)CSC. The lowest BCUT2D eigenvalue weighted by molar-refractivity contribution is -0.146. The molecule has 2 heterocycles. The number of aliphatic hydroxyl groups is 1. The fraction of sp³-hybridized carbons (Fsp3) is 0.647. The summed E-state index contributed by atoms with van der Waals surface area (Å²) in [6, 6.07) is 7.09.